The standard InChI is InChI=1S/C39H29N3/c1-2-14-27(15-3-1)41-33-21-8-6-17-30(33)38-35(41)24-25-36-39(38)31-18-7-9-22-34(31)42(36)37-23-11-20-32(40-37)29-19-10-13-26-12-4-5-16-28(26)29/h1-10,12-19,21-26,28H,11,20H2. The molecule has 2 aliphatic carbocycles. The normalized spacial score (nSPS) is 19.9. The maximum Gasteiger partial charge on any atom is 0.133 e. The lowest BCUT2D eigenvalue weighted by Crippen LogP contribution is -2.22. The SMILES string of the molecule is C1=CC2C=CC=C(C3=NC(n4c5ccccc5c5c6c7ccccc7n(-c7ccccc7)c6ccc54)=CCC3)C2C=C1. The van der Waals surface area contributed by atoms with Gasteiger partial charge >= 0.3 is 0 Å². The summed E-state index contributed by atoms with van der Waals surface area (Å²) in [6.45, 7) is 0. The third kappa shape index (κ3) is 3.37. The van der Waals surface area contributed by atoms with Crippen LogP contribution in [0.2, 0.25) is 0 Å². The van der Waals surface area contributed by atoms with Crippen LogP contribution in [0.1, 0.15) is 12.8 Å². The van der Waals surface area contributed by atoms with E-state index in [9.17, 15) is 0 Å². The fraction of sp³-hybridized carbons (Fsp3) is 0.103. The predicted octanol–water partition coefficient (Wildman–Crippen LogP) is 9.78. The van der Waals surface area contributed by atoms with Crippen molar-refractivity contribution in [2.24, 2.45) is 16.8 Å². The van der Waals surface area contributed by atoms with Gasteiger partial charge in [-0.2, -0.15) is 0 Å². The third-order valence-corrected chi connectivity index (χ3v) is 9.15. The van der Waals surface area contributed by atoms with Crippen LogP contribution in [0.25, 0.3) is 55.1 Å². The van der Waals surface area contributed by atoms with Crippen LogP contribution in [-0.2, 0) is 0 Å². The van der Waals surface area contributed by atoms with E-state index in [2.05, 4.69) is 149 Å². The van der Waals surface area contributed by atoms with Gasteiger partial charge in [0.2, 0.25) is 0 Å². The van der Waals surface area contributed by atoms with Gasteiger partial charge in [0.1, 0.15) is 5.82 Å². The average molecular weight is 540 g/mol. The van der Waals surface area contributed by atoms with Crippen LogP contribution in [-0.4, -0.2) is 14.8 Å². The van der Waals surface area contributed by atoms with Crippen LogP contribution in [0.4, 0.5) is 0 Å². The van der Waals surface area contributed by atoms with Gasteiger partial charge in [0.05, 0.1) is 22.1 Å². The van der Waals surface area contributed by atoms with Crippen molar-refractivity contribution in [1.82, 2.24) is 9.13 Å². The van der Waals surface area contributed by atoms with Crippen molar-refractivity contribution in [1.29, 1.82) is 0 Å². The first kappa shape index (κ1) is 23.5. The molecule has 42 heavy (non-hydrogen) atoms. The Kier molecular flexibility index (Phi) is 5.15. The van der Waals surface area contributed by atoms with Crippen LogP contribution in [0.5, 0.6) is 0 Å². The molecule has 3 heteroatoms. The van der Waals surface area contributed by atoms with Gasteiger partial charge in [-0.25, -0.2) is 4.99 Å². The highest BCUT2D eigenvalue weighted by Crippen LogP contribution is 2.43. The second kappa shape index (κ2) is 9.19. The maximum absolute atomic E-state index is 5.41. The van der Waals surface area contributed by atoms with Crippen LogP contribution in [0, 0.1) is 11.8 Å². The quantitative estimate of drug-likeness (QED) is 0.214. The number of hydrogen-bond donors (Lipinski definition) is 0. The summed E-state index contributed by atoms with van der Waals surface area (Å²) in [5.74, 6) is 1.80. The van der Waals surface area contributed by atoms with Crippen LogP contribution < -0.4 is 0 Å². The molecule has 1 aliphatic heterocycles. The van der Waals surface area contributed by atoms with Gasteiger partial charge in [-0.15, -0.1) is 0 Å². The number of fused-ring (bicyclic) bond motifs is 8. The molecule has 3 nitrogen and oxygen atoms in total. The third-order valence-electron chi connectivity index (χ3n) is 9.15. The van der Waals surface area contributed by atoms with Crippen molar-refractivity contribution < 1.29 is 0 Å². The smallest absolute Gasteiger partial charge is 0.133 e. The number of para-hydroxylation sites is 3. The number of allylic oxidation sites excluding steroid dienone is 9. The fourth-order valence-electron chi connectivity index (χ4n) is 7.35. The van der Waals surface area contributed by atoms with E-state index in [0.29, 0.717) is 11.8 Å². The molecule has 0 N–H and O–H groups in total. The lowest BCUT2D eigenvalue weighted by atomic mass is 9.77. The van der Waals surface area contributed by atoms with Crippen molar-refractivity contribution >= 4 is 55.1 Å². The Bertz CT molecular complexity index is 2250. The van der Waals surface area contributed by atoms with Crippen molar-refractivity contribution in [3.8, 4) is 5.69 Å². The molecule has 2 unspecified atom stereocenters. The number of aliphatic imine (C=N–C) groups is 1. The number of nitrogens with zero attached hydrogens (tertiary/aromatic N) is 3. The summed E-state index contributed by atoms with van der Waals surface area (Å²) in [4.78, 5) is 5.41. The molecule has 0 fully saturated rings. The van der Waals surface area contributed by atoms with E-state index in [1.807, 2.05) is 0 Å². The van der Waals surface area contributed by atoms with Crippen molar-refractivity contribution in [2.45, 2.75) is 12.8 Å². The van der Waals surface area contributed by atoms with Gasteiger partial charge in [-0.3, -0.25) is 4.57 Å². The molecule has 2 aromatic heterocycles. The van der Waals surface area contributed by atoms with Crippen molar-refractivity contribution in [3.05, 3.63) is 145 Å². The van der Waals surface area contributed by atoms with E-state index in [1.54, 1.807) is 0 Å². The number of hydrogen-bond acceptors (Lipinski definition) is 1. The topological polar surface area (TPSA) is 22.2 Å². The molecule has 3 aliphatic rings. The molecule has 0 saturated carbocycles. The van der Waals surface area contributed by atoms with Gasteiger partial charge < -0.3 is 4.57 Å². The number of aromatic nitrogens is 2. The predicted molar refractivity (Wildman–Crippen MR) is 177 cm³/mol. The van der Waals surface area contributed by atoms with Crippen LogP contribution in [0.3, 0.4) is 0 Å². The van der Waals surface area contributed by atoms with Gasteiger partial charge in [-0.1, -0.05) is 97.1 Å². The second-order valence-electron chi connectivity index (χ2n) is 11.4. The molecule has 9 rings (SSSR count). The van der Waals surface area contributed by atoms with Gasteiger partial charge in [0.15, 0.2) is 0 Å². The summed E-state index contributed by atoms with van der Waals surface area (Å²) >= 11 is 0. The Balaban J connectivity index is 1.31. The average Bonchev–Trinajstić information content (AvgIpc) is 3.58. The zero-order chi connectivity index (χ0) is 27.6. The molecule has 0 saturated heterocycles. The Labute approximate surface area is 244 Å². The van der Waals surface area contributed by atoms with Crippen LogP contribution >= 0.6 is 0 Å². The molecular weight excluding hydrogens is 510 g/mol. The first-order valence-electron chi connectivity index (χ1n) is 14.9. The molecule has 3 heterocycles. The van der Waals surface area contributed by atoms with E-state index in [4.69, 9.17) is 4.99 Å². The molecule has 2 atom stereocenters. The van der Waals surface area contributed by atoms with Gasteiger partial charge in [-0.05, 0) is 60.9 Å². The highest BCUT2D eigenvalue weighted by molar-refractivity contribution is 6.29. The first-order valence-corrected chi connectivity index (χ1v) is 14.9. The molecule has 0 amide bonds. The summed E-state index contributed by atoms with van der Waals surface area (Å²) in [6.07, 6.45) is 20.0. The fourth-order valence-corrected chi connectivity index (χ4v) is 7.35. The molecule has 4 aromatic carbocycles. The van der Waals surface area contributed by atoms with Crippen LogP contribution in [0.15, 0.2) is 150 Å². The Morgan fingerprint density at radius 1 is 0.595 bits per heavy atom. The van der Waals surface area contributed by atoms with Gasteiger partial charge in [0.25, 0.3) is 0 Å². The largest absolute Gasteiger partial charge is 0.309 e. The lowest BCUT2D eigenvalue weighted by Gasteiger charge is -2.29. The van der Waals surface area contributed by atoms with Crippen molar-refractivity contribution in [3.63, 3.8) is 0 Å². The highest BCUT2D eigenvalue weighted by Gasteiger charge is 2.27. The summed E-state index contributed by atoms with van der Waals surface area (Å²) in [5.41, 5.74) is 8.58. The molecule has 6 aromatic rings. The summed E-state index contributed by atoms with van der Waals surface area (Å²) in [5, 5.41) is 5.12. The van der Waals surface area contributed by atoms with E-state index in [-0.39, 0.29) is 0 Å². The minimum absolute atomic E-state index is 0.361. The molecule has 200 valence electrons. The zero-order valence-corrected chi connectivity index (χ0v) is 23.2. The van der Waals surface area contributed by atoms with E-state index in [1.165, 1.54) is 60.6 Å². The molecular formula is C39H29N3. The summed E-state index contributed by atoms with van der Waals surface area (Å²) in [6, 6.07) is 32.9. The Morgan fingerprint density at radius 3 is 2.02 bits per heavy atom. The first-order chi connectivity index (χ1) is 20.9. The van der Waals surface area contributed by atoms with E-state index < -0.39 is 0 Å². The van der Waals surface area contributed by atoms with E-state index in [0.717, 1.165) is 18.7 Å². The second-order valence-corrected chi connectivity index (χ2v) is 11.4. The Hall–Kier alpha value is -5.15. The molecule has 0 radical (unpaired) electrons. The minimum atomic E-state index is 0.361. The lowest BCUT2D eigenvalue weighted by molar-refractivity contribution is 0.640. The number of benzene rings is 4. The monoisotopic (exact) mass is 539 g/mol. The minimum Gasteiger partial charge on any atom is -0.309 e. The zero-order valence-electron chi connectivity index (χ0n) is 23.2. The molecule has 0 bridgehead atoms. The summed E-state index contributed by atoms with van der Waals surface area (Å²) < 4.78 is 4.79. The number of rotatable bonds is 3. The van der Waals surface area contributed by atoms with Gasteiger partial charge in [0, 0.05) is 44.8 Å². The maximum atomic E-state index is 5.41. The van der Waals surface area contributed by atoms with Crippen molar-refractivity contribution in [2.75, 3.05) is 0 Å². The summed E-state index contributed by atoms with van der Waals surface area (Å²) in [7, 11) is 0. The molecule has 0 spiro atoms. The Morgan fingerprint density at radius 2 is 1.24 bits per heavy atom. The van der Waals surface area contributed by atoms with E-state index >= 15 is 0 Å². The highest BCUT2D eigenvalue weighted by atomic mass is 15.1.